The smallest absolute Gasteiger partial charge is 0.330 e. The number of H-pyrrole nitrogens is 1. The van der Waals surface area contributed by atoms with Gasteiger partial charge in [-0.05, 0) is 36.6 Å². The highest BCUT2D eigenvalue weighted by atomic mass is 16.5. The number of amides is 1. The lowest BCUT2D eigenvalue weighted by atomic mass is 10.2. The number of nitrogens with two attached hydrogens (primary N) is 1. The summed E-state index contributed by atoms with van der Waals surface area (Å²) in [5.41, 5.74) is 7.60. The molecule has 1 amide bonds. The van der Waals surface area contributed by atoms with Gasteiger partial charge in [-0.15, -0.1) is 0 Å². The molecular weight excluding hydrogens is 422 g/mol. The Morgan fingerprint density at radius 3 is 2.61 bits per heavy atom. The molecule has 0 unspecified atom stereocenters. The fraction of sp³-hybridized carbons (Fsp3) is 0.292. The van der Waals surface area contributed by atoms with Crippen LogP contribution in [0.1, 0.15) is 17.5 Å². The molecule has 3 rings (SSSR count). The third-order valence-corrected chi connectivity index (χ3v) is 5.16. The predicted molar refractivity (Wildman–Crippen MR) is 130 cm³/mol. The van der Waals surface area contributed by atoms with E-state index in [-0.39, 0.29) is 37.0 Å². The summed E-state index contributed by atoms with van der Waals surface area (Å²) in [6.07, 6.45) is 0.489. The largest absolute Gasteiger partial charge is 0.385 e. The van der Waals surface area contributed by atoms with Crippen LogP contribution in [0, 0.1) is 6.92 Å². The molecule has 2 aromatic carbocycles. The number of rotatable bonds is 10. The van der Waals surface area contributed by atoms with Gasteiger partial charge in [0.1, 0.15) is 5.82 Å². The number of nitrogen functional groups attached to an aromatic ring is 1. The van der Waals surface area contributed by atoms with E-state index in [1.807, 2.05) is 61.5 Å². The van der Waals surface area contributed by atoms with Crippen LogP contribution < -0.4 is 27.2 Å². The zero-order chi connectivity index (χ0) is 23.8. The van der Waals surface area contributed by atoms with Gasteiger partial charge in [0.05, 0.1) is 13.1 Å². The molecular formula is C24H29N5O4. The number of ether oxygens (including phenoxy) is 1. The highest BCUT2D eigenvalue weighted by Gasteiger charge is 2.24. The molecule has 9 nitrogen and oxygen atoms in total. The van der Waals surface area contributed by atoms with Crippen molar-refractivity contribution in [2.45, 2.75) is 19.9 Å². The third kappa shape index (κ3) is 6.11. The highest BCUT2D eigenvalue weighted by Crippen LogP contribution is 2.19. The van der Waals surface area contributed by atoms with Crippen LogP contribution in [-0.2, 0) is 16.1 Å². The number of nitrogens with one attached hydrogen (secondary N) is 2. The Labute approximate surface area is 191 Å². The van der Waals surface area contributed by atoms with Crippen molar-refractivity contribution in [1.82, 2.24) is 9.55 Å². The van der Waals surface area contributed by atoms with Crippen molar-refractivity contribution in [3.63, 3.8) is 0 Å². The van der Waals surface area contributed by atoms with E-state index in [1.165, 1.54) is 9.47 Å². The molecule has 0 spiro atoms. The number of aromatic amines is 1. The number of benzene rings is 2. The van der Waals surface area contributed by atoms with Crippen molar-refractivity contribution in [3.05, 3.63) is 86.6 Å². The summed E-state index contributed by atoms with van der Waals surface area (Å²) in [5.74, 6) is -0.413. The fourth-order valence-corrected chi connectivity index (χ4v) is 3.52. The molecule has 0 atom stereocenters. The number of hydrogen-bond acceptors (Lipinski definition) is 6. The topological polar surface area (TPSA) is 122 Å². The zero-order valence-corrected chi connectivity index (χ0v) is 18.8. The standard InChI is InChI=1S/C24H29N5O4/c1-17-8-6-11-19(14-17)26-15-20(30)28(12-7-13-33-2)21-22(25)29(24(32)27-23(21)31)16-18-9-4-3-5-10-18/h3-6,8-11,14,26H,7,12-13,15-16,25H2,1-2H3,(H,27,31,32). The molecule has 33 heavy (non-hydrogen) atoms. The Balaban J connectivity index is 1.93. The van der Waals surface area contributed by atoms with Gasteiger partial charge >= 0.3 is 5.69 Å². The molecule has 0 aliphatic heterocycles. The molecule has 174 valence electrons. The van der Waals surface area contributed by atoms with E-state index in [1.54, 1.807) is 7.11 Å². The maximum Gasteiger partial charge on any atom is 0.330 e. The molecule has 1 heterocycles. The van der Waals surface area contributed by atoms with Gasteiger partial charge in [0.25, 0.3) is 5.56 Å². The highest BCUT2D eigenvalue weighted by molar-refractivity contribution is 5.98. The molecule has 0 saturated heterocycles. The average molecular weight is 452 g/mol. The van der Waals surface area contributed by atoms with Crippen molar-refractivity contribution in [2.24, 2.45) is 0 Å². The second-order valence-electron chi connectivity index (χ2n) is 7.68. The molecule has 0 aliphatic rings. The van der Waals surface area contributed by atoms with E-state index >= 15 is 0 Å². The normalized spacial score (nSPS) is 10.7. The van der Waals surface area contributed by atoms with E-state index in [0.29, 0.717) is 13.0 Å². The SMILES string of the molecule is COCCCN(C(=O)CNc1cccc(C)c1)c1c(N)n(Cc2ccccc2)c(=O)[nH]c1=O. The number of carbonyl (C=O) groups is 1. The summed E-state index contributed by atoms with van der Waals surface area (Å²) < 4.78 is 6.37. The average Bonchev–Trinajstić information content (AvgIpc) is 2.80. The molecule has 3 aromatic rings. The summed E-state index contributed by atoms with van der Waals surface area (Å²) in [6.45, 7) is 2.68. The Morgan fingerprint density at radius 1 is 1.15 bits per heavy atom. The predicted octanol–water partition coefficient (Wildman–Crippen LogP) is 1.96. The monoisotopic (exact) mass is 451 g/mol. The molecule has 0 aliphatic carbocycles. The number of aromatic nitrogens is 2. The van der Waals surface area contributed by atoms with Crippen molar-refractivity contribution in [1.29, 1.82) is 0 Å². The van der Waals surface area contributed by atoms with Gasteiger partial charge in [0.15, 0.2) is 5.69 Å². The zero-order valence-electron chi connectivity index (χ0n) is 18.8. The Kier molecular flexibility index (Phi) is 8.04. The molecule has 0 bridgehead atoms. The van der Waals surface area contributed by atoms with Gasteiger partial charge < -0.3 is 20.7 Å². The minimum Gasteiger partial charge on any atom is -0.385 e. The minimum absolute atomic E-state index is 0.0438. The summed E-state index contributed by atoms with van der Waals surface area (Å²) in [6, 6.07) is 16.9. The maximum absolute atomic E-state index is 13.2. The van der Waals surface area contributed by atoms with Gasteiger partial charge in [0, 0.05) is 25.9 Å². The van der Waals surface area contributed by atoms with Gasteiger partial charge in [-0.25, -0.2) is 4.79 Å². The van der Waals surface area contributed by atoms with Crippen LogP contribution in [0.3, 0.4) is 0 Å². The Bertz CT molecular complexity index is 1200. The summed E-state index contributed by atoms with van der Waals surface area (Å²) in [7, 11) is 1.56. The first-order chi connectivity index (χ1) is 15.9. The van der Waals surface area contributed by atoms with E-state index < -0.39 is 11.2 Å². The number of carbonyl (C=O) groups excluding carboxylic acids is 1. The Morgan fingerprint density at radius 2 is 1.91 bits per heavy atom. The fourth-order valence-electron chi connectivity index (χ4n) is 3.52. The molecule has 0 fully saturated rings. The van der Waals surface area contributed by atoms with Crippen LogP contribution in [0.2, 0.25) is 0 Å². The molecule has 0 radical (unpaired) electrons. The summed E-state index contributed by atoms with van der Waals surface area (Å²) >= 11 is 0. The summed E-state index contributed by atoms with van der Waals surface area (Å²) in [5, 5.41) is 3.09. The minimum atomic E-state index is -0.705. The van der Waals surface area contributed by atoms with E-state index in [4.69, 9.17) is 10.5 Å². The van der Waals surface area contributed by atoms with Crippen molar-refractivity contribution >= 4 is 23.1 Å². The lowest BCUT2D eigenvalue weighted by molar-refractivity contribution is -0.117. The molecule has 9 heteroatoms. The Hall–Kier alpha value is -3.85. The molecule has 4 N–H and O–H groups in total. The van der Waals surface area contributed by atoms with E-state index in [9.17, 15) is 14.4 Å². The van der Waals surface area contributed by atoms with Crippen LogP contribution in [0.25, 0.3) is 0 Å². The second kappa shape index (κ2) is 11.1. The first kappa shape index (κ1) is 23.8. The lowest BCUT2D eigenvalue weighted by Gasteiger charge is -2.25. The maximum atomic E-state index is 13.2. The van der Waals surface area contributed by atoms with Crippen LogP contribution in [0.15, 0.2) is 64.2 Å². The van der Waals surface area contributed by atoms with Gasteiger partial charge in [-0.1, -0.05) is 42.5 Å². The number of hydrogen-bond donors (Lipinski definition) is 3. The van der Waals surface area contributed by atoms with Crippen LogP contribution in [0.4, 0.5) is 17.2 Å². The number of methoxy groups -OCH3 is 1. The number of nitrogens with zero attached hydrogens (tertiary/aromatic N) is 2. The van der Waals surface area contributed by atoms with Crippen molar-refractivity contribution in [3.8, 4) is 0 Å². The van der Waals surface area contributed by atoms with Crippen LogP contribution in [-0.4, -0.2) is 42.3 Å². The van der Waals surface area contributed by atoms with Gasteiger partial charge in [-0.3, -0.25) is 19.1 Å². The van der Waals surface area contributed by atoms with E-state index in [0.717, 1.165) is 16.8 Å². The van der Waals surface area contributed by atoms with E-state index in [2.05, 4.69) is 10.3 Å². The first-order valence-corrected chi connectivity index (χ1v) is 10.7. The van der Waals surface area contributed by atoms with Gasteiger partial charge in [-0.2, -0.15) is 0 Å². The first-order valence-electron chi connectivity index (χ1n) is 10.7. The van der Waals surface area contributed by atoms with Crippen LogP contribution in [0.5, 0.6) is 0 Å². The lowest BCUT2D eigenvalue weighted by Crippen LogP contribution is -2.44. The molecule has 1 aromatic heterocycles. The summed E-state index contributed by atoms with van der Waals surface area (Å²) in [4.78, 5) is 42.1. The second-order valence-corrected chi connectivity index (χ2v) is 7.68. The third-order valence-electron chi connectivity index (χ3n) is 5.16. The number of aryl methyl sites for hydroxylation is 1. The number of anilines is 3. The van der Waals surface area contributed by atoms with Gasteiger partial charge in [0.2, 0.25) is 5.91 Å². The van der Waals surface area contributed by atoms with Crippen molar-refractivity contribution < 1.29 is 9.53 Å². The van der Waals surface area contributed by atoms with Crippen molar-refractivity contribution in [2.75, 3.05) is 42.8 Å². The van der Waals surface area contributed by atoms with Crippen LogP contribution >= 0.6 is 0 Å². The molecule has 0 saturated carbocycles. The quantitative estimate of drug-likeness (QED) is 0.405.